The highest BCUT2D eigenvalue weighted by molar-refractivity contribution is 7.11. The SMILES string of the molecule is CC(NCc1nn(C)c2c1CNCC2)c1nc2c(s1)CCCC2. The summed E-state index contributed by atoms with van der Waals surface area (Å²) < 4.78 is 2.06. The lowest BCUT2D eigenvalue weighted by Crippen LogP contribution is -2.25. The lowest BCUT2D eigenvalue weighted by Gasteiger charge is -2.15. The second-order valence-corrected chi connectivity index (χ2v) is 7.77. The van der Waals surface area contributed by atoms with Crippen LogP contribution in [0.4, 0.5) is 0 Å². The van der Waals surface area contributed by atoms with Gasteiger partial charge in [0.05, 0.1) is 17.4 Å². The Balaban J connectivity index is 1.45. The highest BCUT2D eigenvalue weighted by Gasteiger charge is 2.21. The molecule has 1 aliphatic carbocycles. The van der Waals surface area contributed by atoms with Gasteiger partial charge in [0.25, 0.3) is 0 Å². The van der Waals surface area contributed by atoms with Crippen LogP contribution in [0.2, 0.25) is 0 Å². The van der Waals surface area contributed by atoms with Gasteiger partial charge in [-0.3, -0.25) is 4.68 Å². The fourth-order valence-electron chi connectivity index (χ4n) is 3.64. The maximum atomic E-state index is 4.87. The predicted molar refractivity (Wildman–Crippen MR) is 92.6 cm³/mol. The molecule has 2 N–H and O–H groups in total. The zero-order valence-corrected chi connectivity index (χ0v) is 14.8. The van der Waals surface area contributed by atoms with E-state index in [1.54, 1.807) is 0 Å². The van der Waals surface area contributed by atoms with E-state index in [1.807, 2.05) is 11.3 Å². The van der Waals surface area contributed by atoms with Crippen LogP contribution in [0.5, 0.6) is 0 Å². The minimum absolute atomic E-state index is 0.291. The second kappa shape index (κ2) is 6.34. The predicted octanol–water partition coefficient (Wildman–Crippen LogP) is 2.25. The molecule has 3 heterocycles. The second-order valence-electron chi connectivity index (χ2n) is 6.65. The summed E-state index contributed by atoms with van der Waals surface area (Å²) in [5.74, 6) is 0. The maximum absolute atomic E-state index is 4.87. The number of thiazole rings is 1. The molecule has 4 rings (SSSR count). The van der Waals surface area contributed by atoms with E-state index in [1.165, 1.54) is 51.8 Å². The highest BCUT2D eigenvalue weighted by Crippen LogP contribution is 2.30. The summed E-state index contributed by atoms with van der Waals surface area (Å²) in [7, 11) is 2.06. The molecule has 0 amide bonds. The molecule has 0 aromatic carbocycles. The van der Waals surface area contributed by atoms with Crippen molar-refractivity contribution in [3.63, 3.8) is 0 Å². The molecule has 0 saturated carbocycles. The van der Waals surface area contributed by atoms with Crippen molar-refractivity contribution < 1.29 is 0 Å². The van der Waals surface area contributed by atoms with Crippen LogP contribution in [-0.4, -0.2) is 21.3 Å². The van der Waals surface area contributed by atoms with Crippen LogP contribution in [0.1, 0.15) is 58.3 Å². The largest absolute Gasteiger partial charge is 0.312 e. The molecule has 124 valence electrons. The summed E-state index contributed by atoms with van der Waals surface area (Å²) in [6, 6.07) is 0.291. The van der Waals surface area contributed by atoms with Gasteiger partial charge in [-0.2, -0.15) is 5.10 Å². The lowest BCUT2D eigenvalue weighted by atomic mass is 10.0. The van der Waals surface area contributed by atoms with Crippen LogP contribution in [0.15, 0.2) is 0 Å². The van der Waals surface area contributed by atoms with Crippen molar-refractivity contribution in [2.45, 2.75) is 58.2 Å². The van der Waals surface area contributed by atoms with Crippen LogP contribution in [0.25, 0.3) is 0 Å². The first-order chi connectivity index (χ1) is 11.2. The van der Waals surface area contributed by atoms with Gasteiger partial charge in [0.2, 0.25) is 0 Å². The van der Waals surface area contributed by atoms with E-state index in [4.69, 9.17) is 10.1 Å². The highest BCUT2D eigenvalue weighted by atomic mass is 32.1. The third-order valence-corrected chi connectivity index (χ3v) is 6.35. The molecule has 2 aromatic rings. The summed E-state index contributed by atoms with van der Waals surface area (Å²) in [4.78, 5) is 6.39. The van der Waals surface area contributed by atoms with Crippen molar-refractivity contribution in [1.82, 2.24) is 25.4 Å². The minimum Gasteiger partial charge on any atom is -0.312 e. The molecule has 1 aliphatic heterocycles. The molecule has 1 unspecified atom stereocenters. The molecule has 5 nitrogen and oxygen atoms in total. The Labute approximate surface area is 141 Å². The molecular formula is C17H25N5S. The maximum Gasteiger partial charge on any atom is 0.110 e. The molecule has 1 atom stereocenters. The lowest BCUT2D eigenvalue weighted by molar-refractivity contribution is 0.554. The van der Waals surface area contributed by atoms with Crippen LogP contribution in [0, 0.1) is 0 Å². The van der Waals surface area contributed by atoms with E-state index in [2.05, 4.69) is 29.3 Å². The number of aromatic nitrogens is 3. The van der Waals surface area contributed by atoms with Gasteiger partial charge in [-0.05, 0) is 32.6 Å². The fraction of sp³-hybridized carbons (Fsp3) is 0.647. The van der Waals surface area contributed by atoms with Crippen molar-refractivity contribution in [3.8, 4) is 0 Å². The van der Waals surface area contributed by atoms with Crippen molar-refractivity contribution in [1.29, 1.82) is 0 Å². The molecule has 6 heteroatoms. The Morgan fingerprint density at radius 2 is 2.17 bits per heavy atom. The first kappa shape index (κ1) is 15.3. The number of nitrogens with one attached hydrogen (secondary N) is 2. The normalized spacial score (nSPS) is 18.5. The van der Waals surface area contributed by atoms with E-state index in [9.17, 15) is 0 Å². The smallest absolute Gasteiger partial charge is 0.110 e. The van der Waals surface area contributed by atoms with Gasteiger partial charge in [-0.15, -0.1) is 11.3 Å². The monoisotopic (exact) mass is 331 g/mol. The summed E-state index contributed by atoms with van der Waals surface area (Å²) in [6.07, 6.45) is 6.08. The first-order valence-corrected chi connectivity index (χ1v) is 9.50. The van der Waals surface area contributed by atoms with Gasteiger partial charge in [0.15, 0.2) is 0 Å². The Bertz CT molecular complexity index is 679. The summed E-state index contributed by atoms with van der Waals surface area (Å²) in [5, 5.41) is 13.0. The zero-order valence-electron chi connectivity index (χ0n) is 14.0. The van der Waals surface area contributed by atoms with Gasteiger partial charge in [0, 0.05) is 49.2 Å². The van der Waals surface area contributed by atoms with Crippen molar-refractivity contribution in [2.75, 3.05) is 6.54 Å². The topological polar surface area (TPSA) is 54.8 Å². The number of hydrogen-bond donors (Lipinski definition) is 2. The van der Waals surface area contributed by atoms with E-state index >= 15 is 0 Å². The number of aryl methyl sites for hydroxylation is 3. The van der Waals surface area contributed by atoms with Crippen molar-refractivity contribution >= 4 is 11.3 Å². The molecular weight excluding hydrogens is 306 g/mol. The van der Waals surface area contributed by atoms with Crippen LogP contribution >= 0.6 is 11.3 Å². The number of nitrogens with zero attached hydrogens (tertiary/aromatic N) is 3. The van der Waals surface area contributed by atoms with E-state index in [0.717, 1.165) is 32.5 Å². The van der Waals surface area contributed by atoms with Gasteiger partial charge >= 0.3 is 0 Å². The average Bonchev–Trinajstić information content (AvgIpc) is 3.15. The molecule has 0 radical (unpaired) electrons. The molecule has 0 bridgehead atoms. The third kappa shape index (κ3) is 2.95. The van der Waals surface area contributed by atoms with Crippen LogP contribution in [-0.2, 0) is 39.4 Å². The minimum atomic E-state index is 0.291. The van der Waals surface area contributed by atoms with Gasteiger partial charge in [-0.25, -0.2) is 4.98 Å². The van der Waals surface area contributed by atoms with Crippen molar-refractivity contribution in [3.05, 3.63) is 32.5 Å². The van der Waals surface area contributed by atoms with E-state index < -0.39 is 0 Å². The van der Waals surface area contributed by atoms with E-state index in [-0.39, 0.29) is 0 Å². The van der Waals surface area contributed by atoms with Crippen molar-refractivity contribution in [2.24, 2.45) is 7.05 Å². The van der Waals surface area contributed by atoms with E-state index in [0.29, 0.717) is 6.04 Å². The first-order valence-electron chi connectivity index (χ1n) is 8.68. The summed E-state index contributed by atoms with van der Waals surface area (Å²) in [5.41, 5.74) is 5.31. The van der Waals surface area contributed by atoms with Gasteiger partial charge in [0.1, 0.15) is 5.01 Å². The van der Waals surface area contributed by atoms with Gasteiger partial charge in [-0.1, -0.05) is 0 Å². The number of fused-ring (bicyclic) bond motifs is 2. The Morgan fingerprint density at radius 3 is 3.04 bits per heavy atom. The molecule has 0 spiro atoms. The van der Waals surface area contributed by atoms with Crippen LogP contribution < -0.4 is 10.6 Å². The summed E-state index contributed by atoms with van der Waals surface area (Å²) in [6.45, 7) is 5.04. The molecule has 2 aliphatic rings. The fourth-order valence-corrected chi connectivity index (χ4v) is 4.82. The molecule has 23 heavy (non-hydrogen) atoms. The third-order valence-electron chi connectivity index (χ3n) is 5.01. The van der Waals surface area contributed by atoms with Crippen LogP contribution in [0.3, 0.4) is 0 Å². The Morgan fingerprint density at radius 1 is 1.30 bits per heavy atom. The zero-order chi connectivity index (χ0) is 15.8. The average molecular weight is 331 g/mol. The summed E-state index contributed by atoms with van der Waals surface area (Å²) >= 11 is 1.90. The Kier molecular flexibility index (Phi) is 4.22. The molecule has 2 aromatic heterocycles. The number of hydrogen-bond acceptors (Lipinski definition) is 5. The van der Waals surface area contributed by atoms with Gasteiger partial charge < -0.3 is 10.6 Å². The Hall–Kier alpha value is -1.24. The number of rotatable bonds is 4. The molecule has 0 saturated heterocycles. The quantitative estimate of drug-likeness (QED) is 0.902. The molecule has 0 fully saturated rings. The standard InChI is InChI=1S/C17H25N5S/c1-11(17-20-13-5-3-4-6-16(13)23-17)19-10-14-12-9-18-8-7-15(12)22(2)21-14/h11,18-19H,3-10H2,1-2H3.